The Hall–Kier alpha value is -2.32. The Bertz CT molecular complexity index is 1000. The molecule has 1 aliphatic heterocycles. The molecule has 1 fully saturated rings. The fourth-order valence-electron chi connectivity index (χ4n) is 4.71. The predicted molar refractivity (Wildman–Crippen MR) is 112 cm³/mol. The van der Waals surface area contributed by atoms with E-state index in [0.717, 1.165) is 28.5 Å². The summed E-state index contributed by atoms with van der Waals surface area (Å²) in [6.45, 7) is 8.56. The van der Waals surface area contributed by atoms with E-state index in [9.17, 15) is 5.11 Å². The third-order valence-corrected chi connectivity index (χ3v) is 6.83. The van der Waals surface area contributed by atoms with Crippen molar-refractivity contribution in [3.63, 3.8) is 0 Å². The first-order valence-corrected chi connectivity index (χ1v) is 10.8. The molecule has 3 heterocycles. The molecule has 1 aromatic carbocycles. The van der Waals surface area contributed by atoms with Gasteiger partial charge in [0.25, 0.3) is 0 Å². The molecule has 3 atom stereocenters. The SMILES string of the molecule is COc1ccc([C@H](c2sc3nc(C)nn3c2O)[NH+]2C[C@@H](C)C[C@H](C)C2)cc1OC. The summed E-state index contributed by atoms with van der Waals surface area (Å²) in [5.74, 6) is 3.50. The van der Waals surface area contributed by atoms with E-state index in [4.69, 9.17) is 9.47 Å². The number of hydrogen-bond donors (Lipinski definition) is 2. The largest absolute Gasteiger partial charge is 0.493 e. The van der Waals surface area contributed by atoms with Gasteiger partial charge < -0.3 is 19.5 Å². The van der Waals surface area contributed by atoms with Gasteiger partial charge in [0, 0.05) is 17.4 Å². The van der Waals surface area contributed by atoms with Crippen LogP contribution in [0.3, 0.4) is 0 Å². The van der Waals surface area contributed by atoms with Gasteiger partial charge >= 0.3 is 0 Å². The average molecular weight is 418 g/mol. The van der Waals surface area contributed by atoms with Crippen LogP contribution in [0.4, 0.5) is 0 Å². The molecule has 0 amide bonds. The quantitative estimate of drug-likeness (QED) is 0.667. The number of aryl methyl sites for hydroxylation is 1. The monoisotopic (exact) mass is 417 g/mol. The summed E-state index contributed by atoms with van der Waals surface area (Å²) in [6, 6.07) is 6.02. The van der Waals surface area contributed by atoms with Crippen molar-refractivity contribution in [1.29, 1.82) is 0 Å². The van der Waals surface area contributed by atoms with Crippen LogP contribution < -0.4 is 14.4 Å². The van der Waals surface area contributed by atoms with Crippen LogP contribution in [0.25, 0.3) is 4.96 Å². The normalized spacial score (nSPS) is 23.3. The van der Waals surface area contributed by atoms with Gasteiger partial charge in [-0.25, -0.2) is 4.98 Å². The van der Waals surface area contributed by atoms with Crippen molar-refractivity contribution in [2.75, 3.05) is 27.3 Å². The molecule has 1 saturated heterocycles. The number of nitrogens with one attached hydrogen (secondary N) is 1. The highest BCUT2D eigenvalue weighted by atomic mass is 32.1. The molecule has 2 aromatic heterocycles. The highest BCUT2D eigenvalue weighted by Crippen LogP contribution is 2.38. The summed E-state index contributed by atoms with van der Waals surface area (Å²) in [7, 11) is 3.29. The first-order valence-electron chi connectivity index (χ1n) is 10.0. The van der Waals surface area contributed by atoms with Crippen LogP contribution >= 0.6 is 11.3 Å². The van der Waals surface area contributed by atoms with Gasteiger partial charge in [0.2, 0.25) is 10.8 Å². The molecule has 0 saturated carbocycles. The Balaban J connectivity index is 1.85. The first-order chi connectivity index (χ1) is 13.9. The third kappa shape index (κ3) is 3.67. The number of thiazole rings is 1. The van der Waals surface area contributed by atoms with E-state index in [1.807, 2.05) is 19.1 Å². The minimum absolute atomic E-state index is 0.0196. The molecule has 4 rings (SSSR count). The van der Waals surface area contributed by atoms with Crippen LogP contribution in [0.2, 0.25) is 0 Å². The lowest BCUT2D eigenvalue weighted by atomic mass is 9.89. The molecule has 29 heavy (non-hydrogen) atoms. The average Bonchev–Trinajstić information content (AvgIpc) is 3.18. The van der Waals surface area contributed by atoms with E-state index in [-0.39, 0.29) is 11.9 Å². The molecule has 156 valence electrons. The number of nitrogens with zero attached hydrogens (tertiary/aromatic N) is 3. The lowest BCUT2D eigenvalue weighted by molar-refractivity contribution is -0.936. The molecule has 8 heteroatoms. The lowest BCUT2D eigenvalue weighted by Gasteiger charge is -2.37. The number of benzene rings is 1. The lowest BCUT2D eigenvalue weighted by Crippen LogP contribution is -3.14. The Morgan fingerprint density at radius 3 is 2.48 bits per heavy atom. The van der Waals surface area contributed by atoms with E-state index in [0.29, 0.717) is 29.2 Å². The Labute approximate surface area is 174 Å². The molecule has 7 nitrogen and oxygen atoms in total. The van der Waals surface area contributed by atoms with Gasteiger partial charge in [-0.1, -0.05) is 25.2 Å². The van der Waals surface area contributed by atoms with E-state index in [1.165, 1.54) is 22.7 Å². The van der Waals surface area contributed by atoms with Crippen LogP contribution in [-0.2, 0) is 0 Å². The summed E-state index contributed by atoms with van der Waals surface area (Å²) in [6.07, 6.45) is 1.24. The number of likely N-dealkylation sites (tertiary alicyclic amines) is 1. The van der Waals surface area contributed by atoms with Crippen LogP contribution in [0.5, 0.6) is 17.4 Å². The van der Waals surface area contributed by atoms with E-state index < -0.39 is 0 Å². The van der Waals surface area contributed by atoms with Crippen molar-refractivity contribution in [1.82, 2.24) is 14.6 Å². The van der Waals surface area contributed by atoms with Gasteiger partial charge in [-0.05, 0) is 31.5 Å². The smallest absolute Gasteiger partial charge is 0.235 e. The zero-order valence-corrected chi connectivity index (χ0v) is 18.4. The van der Waals surface area contributed by atoms with Crippen LogP contribution in [0.15, 0.2) is 18.2 Å². The number of aromatic nitrogens is 3. The number of hydrogen-bond acceptors (Lipinski definition) is 6. The maximum Gasteiger partial charge on any atom is 0.235 e. The highest BCUT2D eigenvalue weighted by Gasteiger charge is 2.37. The fourth-order valence-corrected chi connectivity index (χ4v) is 5.90. The molecule has 0 bridgehead atoms. The van der Waals surface area contributed by atoms with Gasteiger partial charge in [0.15, 0.2) is 17.5 Å². The number of aromatic hydroxyl groups is 1. The van der Waals surface area contributed by atoms with Gasteiger partial charge in [-0.2, -0.15) is 4.52 Å². The van der Waals surface area contributed by atoms with E-state index in [2.05, 4.69) is 30.0 Å². The van der Waals surface area contributed by atoms with Crippen LogP contribution in [0.1, 0.15) is 42.6 Å². The van der Waals surface area contributed by atoms with Crippen molar-refractivity contribution < 1.29 is 19.5 Å². The van der Waals surface area contributed by atoms with E-state index in [1.54, 1.807) is 18.7 Å². The number of methoxy groups -OCH3 is 2. The van der Waals surface area contributed by atoms with Gasteiger partial charge in [0.05, 0.1) is 27.3 Å². The summed E-state index contributed by atoms with van der Waals surface area (Å²) < 4.78 is 12.5. The number of ether oxygens (including phenoxy) is 2. The Morgan fingerprint density at radius 2 is 1.86 bits per heavy atom. The molecule has 1 aliphatic rings. The molecule has 0 unspecified atom stereocenters. The Kier molecular flexibility index (Phi) is 5.40. The number of fused-ring (bicyclic) bond motifs is 1. The highest BCUT2D eigenvalue weighted by molar-refractivity contribution is 7.17. The summed E-state index contributed by atoms with van der Waals surface area (Å²) in [5.41, 5.74) is 1.09. The standard InChI is InChI=1S/C21H28N4O3S/c1-12-8-13(2)11-24(10-12)18(15-6-7-16(27-4)17(9-15)28-5)19-20(26)25-21(29-19)22-14(3)23-25/h6-7,9,12-13,18,26H,8,10-11H2,1-5H3/p+1/t12-,13-,18+/m0/s1. The van der Waals surface area contributed by atoms with Gasteiger partial charge in [-0.3, -0.25) is 0 Å². The Morgan fingerprint density at radius 1 is 1.17 bits per heavy atom. The molecule has 3 aromatic rings. The summed E-state index contributed by atoms with van der Waals surface area (Å²) in [5, 5.41) is 15.4. The molecular weight excluding hydrogens is 388 g/mol. The number of piperidine rings is 1. The molecule has 0 aliphatic carbocycles. The second kappa shape index (κ2) is 7.84. The maximum atomic E-state index is 11.0. The predicted octanol–water partition coefficient (Wildman–Crippen LogP) is 2.47. The molecular formula is C21H29N4O3S+. The molecule has 0 radical (unpaired) electrons. The van der Waals surface area contributed by atoms with Gasteiger partial charge in [-0.15, -0.1) is 5.10 Å². The van der Waals surface area contributed by atoms with Crippen molar-refractivity contribution in [3.05, 3.63) is 34.5 Å². The number of quaternary nitrogens is 1. The fraction of sp³-hybridized carbons (Fsp3) is 0.524. The van der Waals surface area contributed by atoms with Crippen molar-refractivity contribution in [2.24, 2.45) is 11.8 Å². The minimum atomic E-state index is -0.0196. The molecule has 2 N–H and O–H groups in total. The van der Waals surface area contributed by atoms with Crippen molar-refractivity contribution in [3.8, 4) is 17.4 Å². The van der Waals surface area contributed by atoms with E-state index >= 15 is 0 Å². The minimum Gasteiger partial charge on any atom is -0.493 e. The maximum absolute atomic E-state index is 11.0. The second-order valence-electron chi connectivity index (χ2n) is 8.20. The van der Waals surface area contributed by atoms with Crippen LogP contribution in [-0.4, -0.2) is 47.0 Å². The second-order valence-corrected chi connectivity index (χ2v) is 9.21. The summed E-state index contributed by atoms with van der Waals surface area (Å²) in [4.78, 5) is 7.52. The molecule has 0 spiro atoms. The van der Waals surface area contributed by atoms with Gasteiger partial charge in [0.1, 0.15) is 10.7 Å². The van der Waals surface area contributed by atoms with Crippen LogP contribution in [0, 0.1) is 18.8 Å². The summed E-state index contributed by atoms with van der Waals surface area (Å²) >= 11 is 1.51. The zero-order chi connectivity index (χ0) is 20.7. The zero-order valence-electron chi connectivity index (χ0n) is 17.6. The third-order valence-electron chi connectivity index (χ3n) is 5.74. The van der Waals surface area contributed by atoms with Crippen molar-refractivity contribution in [2.45, 2.75) is 33.2 Å². The topological polar surface area (TPSA) is 73.3 Å². The first kappa shape index (κ1) is 20.0. The number of rotatable bonds is 5. The van der Waals surface area contributed by atoms with Crippen molar-refractivity contribution >= 4 is 16.3 Å².